The molecule has 3 heterocycles. The summed E-state index contributed by atoms with van der Waals surface area (Å²) >= 11 is 0. The maximum absolute atomic E-state index is 13.4. The van der Waals surface area contributed by atoms with Gasteiger partial charge in [-0.05, 0) is 30.3 Å². The minimum atomic E-state index is -3.25. The molecular formula is C21H26F2N6O3S. The molecule has 1 aromatic heterocycles. The van der Waals surface area contributed by atoms with Gasteiger partial charge < -0.3 is 15.1 Å². The number of nitrogens with zero attached hydrogens (tertiary/aromatic N) is 5. The van der Waals surface area contributed by atoms with Crippen molar-refractivity contribution in [3.63, 3.8) is 0 Å². The molecule has 12 heteroatoms. The van der Waals surface area contributed by atoms with E-state index < -0.39 is 15.9 Å². The van der Waals surface area contributed by atoms with Gasteiger partial charge in [0.05, 0.1) is 6.26 Å². The van der Waals surface area contributed by atoms with Crippen LogP contribution in [0.3, 0.4) is 0 Å². The highest BCUT2D eigenvalue weighted by Crippen LogP contribution is 2.29. The van der Waals surface area contributed by atoms with Crippen LogP contribution in [0.15, 0.2) is 36.5 Å². The normalized spacial score (nSPS) is 19.4. The summed E-state index contributed by atoms with van der Waals surface area (Å²) in [7, 11) is -3.25. The molecular weight excluding hydrogens is 454 g/mol. The van der Waals surface area contributed by atoms with Crippen LogP contribution in [-0.4, -0.2) is 84.9 Å². The van der Waals surface area contributed by atoms with Crippen LogP contribution in [0.5, 0.6) is 0 Å². The van der Waals surface area contributed by atoms with E-state index in [2.05, 4.69) is 15.3 Å². The molecule has 9 nitrogen and oxygen atoms in total. The van der Waals surface area contributed by atoms with Gasteiger partial charge in [0.2, 0.25) is 16.0 Å². The largest absolute Gasteiger partial charge is 0.340 e. The SMILES string of the molecule is CS(=O)(=O)N1CCN(C(=O)c2ccc(Nc3ccnc(N4CCC(F)(F)CC4)n3)cc2)CC1. The molecule has 1 aromatic carbocycles. The van der Waals surface area contributed by atoms with Crippen LogP contribution in [0.2, 0.25) is 0 Å². The van der Waals surface area contributed by atoms with Crippen molar-refractivity contribution in [2.75, 3.05) is 55.7 Å². The minimum Gasteiger partial charge on any atom is -0.340 e. The predicted octanol–water partition coefficient (Wildman–Crippen LogP) is 2.17. The Kier molecular flexibility index (Phi) is 6.48. The van der Waals surface area contributed by atoms with Crippen LogP contribution >= 0.6 is 0 Å². The van der Waals surface area contributed by atoms with Gasteiger partial charge in [-0.25, -0.2) is 22.2 Å². The summed E-state index contributed by atoms with van der Waals surface area (Å²) in [4.78, 5) is 24.8. The molecule has 0 atom stereocenters. The fourth-order valence-corrected chi connectivity index (χ4v) is 4.68. The summed E-state index contributed by atoms with van der Waals surface area (Å²) in [6, 6.07) is 8.58. The Morgan fingerprint density at radius 2 is 1.64 bits per heavy atom. The molecule has 33 heavy (non-hydrogen) atoms. The van der Waals surface area contributed by atoms with Gasteiger partial charge in [-0.2, -0.15) is 9.29 Å². The average Bonchev–Trinajstić information content (AvgIpc) is 2.79. The fraction of sp³-hybridized carbons (Fsp3) is 0.476. The highest BCUT2D eigenvalue weighted by molar-refractivity contribution is 7.88. The van der Waals surface area contributed by atoms with Crippen molar-refractivity contribution >= 4 is 33.4 Å². The smallest absolute Gasteiger partial charge is 0.253 e. The second-order valence-corrected chi connectivity index (χ2v) is 10.2. The molecule has 2 aliphatic heterocycles. The number of sulfonamides is 1. The third-order valence-electron chi connectivity index (χ3n) is 5.82. The van der Waals surface area contributed by atoms with Gasteiger partial charge in [-0.15, -0.1) is 0 Å². The minimum absolute atomic E-state index is 0.152. The summed E-state index contributed by atoms with van der Waals surface area (Å²) in [5, 5.41) is 3.14. The van der Waals surface area contributed by atoms with Crippen LogP contribution in [0.25, 0.3) is 0 Å². The molecule has 1 N–H and O–H groups in total. The lowest BCUT2D eigenvalue weighted by Gasteiger charge is -2.33. The molecule has 2 saturated heterocycles. The first-order valence-corrected chi connectivity index (χ1v) is 12.5. The predicted molar refractivity (Wildman–Crippen MR) is 120 cm³/mol. The second-order valence-electron chi connectivity index (χ2n) is 8.24. The van der Waals surface area contributed by atoms with Crippen LogP contribution in [0.1, 0.15) is 23.2 Å². The Balaban J connectivity index is 1.36. The number of hydrogen-bond donors (Lipinski definition) is 1. The summed E-state index contributed by atoms with van der Waals surface area (Å²) in [6.07, 6.45) is 2.31. The van der Waals surface area contributed by atoms with Crippen molar-refractivity contribution in [3.05, 3.63) is 42.1 Å². The zero-order valence-electron chi connectivity index (χ0n) is 18.2. The van der Waals surface area contributed by atoms with Gasteiger partial charge >= 0.3 is 0 Å². The Morgan fingerprint density at radius 3 is 2.24 bits per heavy atom. The van der Waals surface area contributed by atoms with E-state index in [9.17, 15) is 22.0 Å². The Morgan fingerprint density at radius 1 is 1.00 bits per heavy atom. The monoisotopic (exact) mass is 480 g/mol. The van der Waals surface area contributed by atoms with Gasteiger partial charge in [0.1, 0.15) is 5.82 Å². The highest BCUT2D eigenvalue weighted by Gasteiger charge is 2.34. The number of anilines is 3. The van der Waals surface area contributed by atoms with E-state index in [1.165, 1.54) is 10.6 Å². The molecule has 2 fully saturated rings. The first kappa shape index (κ1) is 23.3. The highest BCUT2D eigenvalue weighted by atomic mass is 32.2. The number of aromatic nitrogens is 2. The molecule has 2 aromatic rings. The van der Waals surface area contributed by atoms with Gasteiger partial charge in [0.25, 0.3) is 11.8 Å². The van der Waals surface area contributed by atoms with E-state index in [4.69, 9.17) is 0 Å². The lowest BCUT2D eigenvalue weighted by Crippen LogP contribution is -2.50. The molecule has 0 bridgehead atoms. The number of alkyl halides is 2. The number of nitrogens with one attached hydrogen (secondary N) is 1. The van der Waals surface area contributed by atoms with E-state index in [1.807, 2.05) is 0 Å². The number of amides is 1. The van der Waals surface area contributed by atoms with Crippen molar-refractivity contribution < 1.29 is 22.0 Å². The lowest BCUT2D eigenvalue weighted by atomic mass is 10.1. The molecule has 4 rings (SSSR count). The molecule has 0 saturated carbocycles. The molecule has 2 aliphatic rings. The van der Waals surface area contributed by atoms with Gasteiger partial charge in [-0.3, -0.25) is 4.79 Å². The topological polar surface area (TPSA) is 98.7 Å². The number of benzene rings is 1. The van der Waals surface area contributed by atoms with Crippen LogP contribution in [0.4, 0.5) is 26.2 Å². The zero-order valence-corrected chi connectivity index (χ0v) is 19.1. The van der Waals surface area contributed by atoms with Crippen molar-refractivity contribution in [3.8, 4) is 0 Å². The first-order chi connectivity index (χ1) is 15.6. The number of hydrogen-bond acceptors (Lipinski definition) is 7. The third-order valence-corrected chi connectivity index (χ3v) is 7.12. The Labute approximate surface area is 191 Å². The van der Waals surface area contributed by atoms with Gasteiger partial charge in [-0.1, -0.05) is 0 Å². The summed E-state index contributed by atoms with van der Waals surface area (Å²) in [6.45, 7) is 1.66. The summed E-state index contributed by atoms with van der Waals surface area (Å²) < 4.78 is 51.4. The molecule has 0 radical (unpaired) electrons. The van der Waals surface area contributed by atoms with Crippen molar-refractivity contribution in [1.29, 1.82) is 0 Å². The number of rotatable bonds is 5. The Hall–Kier alpha value is -2.86. The van der Waals surface area contributed by atoms with Crippen molar-refractivity contribution in [2.45, 2.75) is 18.8 Å². The molecule has 0 spiro atoms. The lowest BCUT2D eigenvalue weighted by molar-refractivity contribution is -0.0222. The van der Waals surface area contributed by atoms with E-state index in [0.717, 1.165) is 0 Å². The van der Waals surface area contributed by atoms with E-state index in [-0.39, 0.29) is 44.9 Å². The van der Waals surface area contributed by atoms with Crippen LogP contribution in [0, 0.1) is 0 Å². The quantitative estimate of drug-likeness (QED) is 0.700. The van der Waals surface area contributed by atoms with E-state index in [0.29, 0.717) is 36.1 Å². The number of carbonyl (C=O) groups is 1. The first-order valence-electron chi connectivity index (χ1n) is 10.7. The van der Waals surface area contributed by atoms with Crippen LogP contribution in [-0.2, 0) is 10.0 Å². The maximum atomic E-state index is 13.4. The maximum Gasteiger partial charge on any atom is 0.253 e. The second kappa shape index (κ2) is 9.18. The van der Waals surface area contributed by atoms with Gasteiger partial charge in [0.15, 0.2) is 0 Å². The third kappa shape index (κ3) is 5.74. The molecule has 1 amide bonds. The standard InChI is InChI=1S/C21H26F2N6O3S/c1-33(31,32)29-14-12-27(13-15-29)19(30)16-2-4-17(5-3-16)25-18-6-9-24-20(26-18)28-10-7-21(22,23)8-11-28/h2-6,9H,7-8,10-15H2,1H3,(H,24,25,26). The molecule has 0 unspecified atom stereocenters. The van der Waals surface area contributed by atoms with E-state index in [1.54, 1.807) is 46.3 Å². The number of piperidine rings is 1. The molecule has 178 valence electrons. The Bertz CT molecular complexity index is 1100. The number of halogens is 2. The number of carbonyl (C=O) groups excluding carboxylic acids is 1. The van der Waals surface area contributed by atoms with Gasteiger partial charge in [0, 0.05) is 69.6 Å². The number of piperazine rings is 1. The zero-order chi connectivity index (χ0) is 23.6. The summed E-state index contributed by atoms with van der Waals surface area (Å²) in [5.74, 6) is -1.86. The van der Waals surface area contributed by atoms with Crippen molar-refractivity contribution in [1.82, 2.24) is 19.2 Å². The fourth-order valence-electron chi connectivity index (χ4n) is 3.85. The average molecular weight is 481 g/mol. The van der Waals surface area contributed by atoms with Crippen molar-refractivity contribution in [2.24, 2.45) is 0 Å². The van der Waals surface area contributed by atoms with Crippen LogP contribution < -0.4 is 10.2 Å². The molecule has 0 aliphatic carbocycles. The summed E-state index contributed by atoms with van der Waals surface area (Å²) in [5.41, 5.74) is 1.22. The van der Waals surface area contributed by atoms with E-state index >= 15 is 0 Å².